The number of para-hydroxylation sites is 1. The maximum atomic E-state index is 13.5. The van der Waals surface area contributed by atoms with Gasteiger partial charge in [0.15, 0.2) is 0 Å². The van der Waals surface area contributed by atoms with E-state index in [-0.39, 0.29) is 5.69 Å². The molecule has 0 aliphatic carbocycles. The smallest absolute Gasteiger partial charge is 0.292 e. The number of tetrazole rings is 1. The van der Waals surface area contributed by atoms with E-state index in [0.29, 0.717) is 12.4 Å². The molecule has 0 aliphatic heterocycles. The number of aromatic amines is 1. The lowest BCUT2D eigenvalue weighted by Crippen LogP contribution is -2.25. The van der Waals surface area contributed by atoms with Crippen LogP contribution in [-0.2, 0) is 13.0 Å². The highest BCUT2D eigenvalue weighted by Crippen LogP contribution is 2.29. The van der Waals surface area contributed by atoms with Crippen molar-refractivity contribution in [2.45, 2.75) is 33.2 Å². The number of nitrogens with one attached hydrogen (secondary N) is 1. The third kappa shape index (κ3) is 4.46. The van der Waals surface area contributed by atoms with E-state index in [2.05, 4.69) is 60.6 Å². The maximum absolute atomic E-state index is 13.5. The fraction of sp³-hybridized carbons (Fsp3) is 0.192. The summed E-state index contributed by atoms with van der Waals surface area (Å²) in [6.45, 7) is 4.64. The van der Waals surface area contributed by atoms with Crippen molar-refractivity contribution in [1.29, 1.82) is 0 Å². The van der Waals surface area contributed by atoms with E-state index in [4.69, 9.17) is 0 Å². The summed E-state index contributed by atoms with van der Waals surface area (Å²) in [4.78, 5) is 17.7. The highest BCUT2D eigenvalue weighted by molar-refractivity contribution is 9.10. The molecule has 9 heteroatoms. The van der Waals surface area contributed by atoms with E-state index < -0.39 is 0 Å². The molecule has 0 aliphatic rings. The van der Waals surface area contributed by atoms with Crippen LogP contribution in [0.4, 0.5) is 0 Å². The number of imidazole rings is 1. The van der Waals surface area contributed by atoms with Crippen LogP contribution in [0.25, 0.3) is 28.2 Å². The molecule has 35 heavy (non-hydrogen) atoms. The first-order chi connectivity index (χ1) is 17.1. The molecule has 0 saturated carbocycles. The van der Waals surface area contributed by atoms with Gasteiger partial charge < -0.3 is 0 Å². The molecule has 3 aromatic heterocycles. The average molecular weight is 530 g/mol. The van der Waals surface area contributed by atoms with Crippen molar-refractivity contribution in [2.75, 3.05) is 0 Å². The Bertz CT molecular complexity index is 1500. The second-order valence-corrected chi connectivity index (χ2v) is 9.22. The number of hydrogen-bond acceptors (Lipinski definition) is 5. The molecule has 2 aromatic carbocycles. The third-order valence-electron chi connectivity index (χ3n) is 6.01. The molecule has 0 bridgehead atoms. The van der Waals surface area contributed by atoms with Crippen molar-refractivity contribution in [2.24, 2.45) is 0 Å². The van der Waals surface area contributed by atoms with Gasteiger partial charge in [-0.25, -0.2) is 4.79 Å². The molecule has 0 unspecified atom stereocenters. The van der Waals surface area contributed by atoms with Gasteiger partial charge in [-0.05, 0) is 68.9 Å². The summed E-state index contributed by atoms with van der Waals surface area (Å²) < 4.78 is 4.53. The van der Waals surface area contributed by atoms with E-state index in [9.17, 15) is 4.79 Å². The lowest BCUT2D eigenvalue weighted by atomic mass is 10.00. The molecule has 5 rings (SSSR count). The number of rotatable bonds is 7. The molecule has 0 amide bonds. The minimum atomic E-state index is -0.0407. The summed E-state index contributed by atoms with van der Waals surface area (Å²) in [7, 11) is 0. The predicted molar refractivity (Wildman–Crippen MR) is 138 cm³/mol. The Hall–Kier alpha value is -3.85. The highest BCUT2D eigenvalue weighted by atomic mass is 79.9. The van der Waals surface area contributed by atoms with Crippen molar-refractivity contribution >= 4 is 15.9 Å². The first-order valence-corrected chi connectivity index (χ1v) is 12.2. The van der Waals surface area contributed by atoms with Gasteiger partial charge in [0.2, 0.25) is 5.82 Å². The Morgan fingerprint density at radius 1 is 1.06 bits per heavy atom. The van der Waals surface area contributed by atoms with Crippen molar-refractivity contribution < 1.29 is 0 Å². The molecule has 176 valence electrons. The number of hydrogen-bond donors (Lipinski definition) is 1. The van der Waals surface area contributed by atoms with Gasteiger partial charge >= 0.3 is 5.69 Å². The summed E-state index contributed by atoms with van der Waals surface area (Å²) in [6.07, 6.45) is 7.24. The predicted octanol–water partition coefficient (Wildman–Crippen LogP) is 4.95. The van der Waals surface area contributed by atoms with Crippen LogP contribution < -0.4 is 5.69 Å². The molecule has 1 N–H and O–H groups in total. The van der Waals surface area contributed by atoms with E-state index in [1.807, 2.05) is 54.1 Å². The van der Waals surface area contributed by atoms with E-state index in [0.717, 1.165) is 56.5 Å². The minimum absolute atomic E-state index is 0.0407. The van der Waals surface area contributed by atoms with Crippen LogP contribution in [0, 0.1) is 6.92 Å². The summed E-state index contributed by atoms with van der Waals surface area (Å²) in [5.74, 6) is 0.497. The largest absolute Gasteiger partial charge is 0.333 e. The molecule has 5 aromatic rings. The van der Waals surface area contributed by atoms with Crippen LogP contribution >= 0.6 is 15.9 Å². The lowest BCUT2D eigenvalue weighted by molar-refractivity contribution is 0.691. The van der Waals surface area contributed by atoms with Crippen LogP contribution in [0.2, 0.25) is 0 Å². The normalized spacial score (nSPS) is 11.2. The Morgan fingerprint density at radius 2 is 1.89 bits per heavy atom. The summed E-state index contributed by atoms with van der Waals surface area (Å²) in [5.41, 5.74) is 6.73. The van der Waals surface area contributed by atoms with Gasteiger partial charge in [0, 0.05) is 34.3 Å². The minimum Gasteiger partial charge on any atom is -0.292 e. The van der Waals surface area contributed by atoms with Gasteiger partial charge in [-0.15, -0.1) is 10.2 Å². The Morgan fingerprint density at radius 3 is 2.60 bits per heavy atom. The molecule has 0 saturated heterocycles. The first kappa shape index (κ1) is 22.9. The van der Waals surface area contributed by atoms with Crippen LogP contribution in [0.5, 0.6) is 0 Å². The summed E-state index contributed by atoms with van der Waals surface area (Å²) in [5, 5.41) is 14.3. The van der Waals surface area contributed by atoms with Crippen LogP contribution in [0.3, 0.4) is 0 Å². The zero-order valence-electron chi connectivity index (χ0n) is 19.4. The molecule has 8 nitrogen and oxygen atoms in total. The summed E-state index contributed by atoms with van der Waals surface area (Å²) in [6, 6.07) is 16.1. The van der Waals surface area contributed by atoms with E-state index in [1.165, 1.54) is 0 Å². The van der Waals surface area contributed by atoms with Crippen LogP contribution in [-0.4, -0.2) is 34.7 Å². The zero-order chi connectivity index (χ0) is 24.4. The number of pyridine rings is 1. The second-order valence-electron chi connectivity index (χ2n) is 8.37. The SMILES string of the molecule is CCCc1cn(-c2c(C)cccc2Br)c(=O)n1Cc1ccc(-c2ccncc2-c2nn[nH]n2)cc1. The standard InChI is InChI=1S/C26H24BrN7O/c1-3-5-20-16-34(24-17(2)6-4-7-23(24)27)26(35)33(20)15-18-8-10-19(11-9-18)21-12-13-28-14-22(21)25-29-31-32-30-25/h4,6-14,16H,3,5,15H2,1-2H3,(H,29,30,31,32). The number of benzene rings is 2. The van der Waals surface area contributed by atoms with Crippen molar-refractivity contribution in [1.82, 2.24) is 34.7 Å². The van der Waals surface area contributed by atoms with Gasteiger partial charge in [0.25, 0.3) is 0 Å². The van der Waals surface area contributed by atoms with Gasteiger partial charge in [-0.3, -0.25) is 14.1 Å². The van der Waals surface area contributed by atoms with Crippen LogP contribution in [0.15, 0.2) is 76.4 Å². The fourth-order valence-electron chi connectivity index (χ4n) is 4.31. The third-order valence-corrected chi connectivity index (χ3v) is 6.65. The first-order valence-electron chi connectivity index (χ1n) is 11.4. The monoisotopic (exact) mass is 529 g/mol. The zero-order valence-corrected chi connectivity index (χ0v) is 21.0. The van der Waals surface area contributed by atoms with E-state index >= 15 is 0 Å². The topological polar surface area (TPSA) is 94.3 Å². The van der Waals surface area contributed by atoms with Gasteiger partial charge in [-0.1, -0.05) is 49.7 Å². The quantitative estimate of drug-likeness (QED) is 0.321. The number of halogens is 1. The Kier molecular flexibility index (Phi) is 6.41. The maximum Gasteiger partial charge on any atom is 0.333 e. The molecule has 3 heterocycles. The Balaban J connectivity index is 1.49. The molecule has 0 radical (unpaired) electrons. The number of aryl methyl sites for hydroxylation is 2. The highest BCUT2D eigenvalue weighted by Gasteiger charge is 2.16. The second kappa shape index (κ2) is 9.79. The molecular formula is C26H24BrN7O. The fourth-order valence-corrected chi connectivity index (χ4v) is 4.97. The molecule has 0 spiro atoms. The van der Waals surface area contributed by atoms with Gasteiger partial charge in [-0.2, -0.15) is 5.21 Å². The number of H-pyrrole nitrogens is 1. The van der Waals surface area contributed by atoms with Crippen molar-refractivity contribution in [3.63, 3.8) is 0 Å². The van der Waals surface area contributed by atoms with E-state index in [1.54, 1.807) is 17.0 Å². The Labute approximate surface area is 210 Å². The molecular weight excluding hydrogens is 506 g/mol. The summed E-state index contributed by atoms with van der Waals surface area (Å²) >= 11 is 3.62. The number of aromatic nitrogens is 7. The number of nitrogens with zero attached hydrogens (tertiary/aromatic N) is 6. The lowest BCUT2D eigenvalue weighted by Gasteiger charge is -2.10. The molecule has 0 fully saturated rings. The van der Waals surface area contributed by atoms with Crippen molar-refractivity contribution in [3.8, 4) is 28.2 Å². The van der Waals surface area contributed by atoms with Gasteiger partial charge in [0.1, 0.15) is 0 Å². The van der Waals surface area contributed by atoms with Crippen LogP contribution in [0.1, 0.15) is 30.2 Å². The molecule has 0 atom stereocenters. The average Bonchev–Trinajstić information content (AvgIpc) is 3.50. The van der Waals surface area contributed by atoms with Gasteiger partial charge in [0.05, 0.1) is 12.2 Å². The van der Waals surface area contributed by atoms with Crippen molar-refractivity contribution in [3.05, 3.63) is 98.9 Å².